The highest BCUT2D eigenvalue weighted by Crippen LogP contribution is 2.27. The summed E-state index contributed by atoms with van der Waals surface area (Å²) >= 11 is 1.49. The smallest absolute Gasteiger partial charge is 0.263 e. The molecule has 0 bridgehead atoms. The van der Waals surface area contributed by atoms with Gasteiger partial charge in [-0.1, -0.05) is 43.3 Å². The maximum Gasteiger partial charge on any atom is 0.263 e. The highest BCUT2D eigenvalue weighted by molar-refractivity contribution is 7.07. The zero-order valence-electron chi connectivity index (χ0n) is 22.0. The summed E-state index contributed by atoms with van der Waals surface area (Å²) in [6, 6.07) is 20.9. The average Bonchev–Trinajstić information content (AvgIpc) is 3.49. The van der Waals surface area contributed by atoms with E-state index in [-0.39, 0.29) is 17.1 Å². The fourth-order valence-electron chi connectivity index (χ4n) is 4.48. The van der Waals surface area contributed by atoms with Crippen molar-refractivity contribution in [2.75, 3.05) is 11.5 Å². The van der Waals surface area contributed by atoms with Crippen LogP contribution in [0.4, 0.5) is 11.8 Å². The SMILES string of the molecule is CCc1cc2cccc(-c3ccc(=O)n(C)c3)c2c(=O)n1-c1ccccc1.Nc1ncc(-c2cscn2)c(N)n1. The summed E-state index contributed by atoms with van der Waals surface area (Å²) in [7, 11) is 1.72. The van der Waals surface area contributed by atoms with Gasteiger partial charge in [0.15, 0.2) is 0 Å². The van der Waals surface area contributed by atoms with Gasteiger partial charge in [-0.3, -0.25) is 14.2 Å². The molecule has 0 amide bonds. The first-order valence-electron chi connectivity index (χ1n) is 12.5. The fourth-order valence-corrected chi connectivity index (χ4v) is 5.03. The maximum absolute atomic E-state index is 13.5. The number of aromatic nitrogens is 5. The van der Waals surface area contributed by atoms with E-state index in [4.69, 9.17) is 11.5 Å². The first kappa shape index (κ1) is 26.5. The van der Waals surface area contributed by atoms with Crippen LogP contribution in [0.15, 0.2) is 99.6 Å². The second-order valence-corrected chi connectivity index (χ2v) is 9.72. The lowest BCUT2D eigenvalue weighted by Gasteiger charge is -2.15. The summed E-state index contributed by atoms with van der Waals surface area (Å²) in [5, 5.41) is 3.46. The van der Waals surface area contributed by atoms with Crippen LogP contribution in [-0.4, -0.2) is 24.1 Å². The molecular formula is C30H27N7O2S. The van der Waals surface area contributed by atoms with E-state index in [0.717, 1.165) is 45.6 Å². The van der Waals surface area contributed by atoms with Crippen molar-refractivity contribution in [1.82, 2.24) is 24.1 Å². The number of nitrogen functional groups attached to an aromatic ring is 2. The van der Waals surface area contributed by atoms with Gasteiger partial charge in [-0.2, -0.15) is 4.98 Å². The van der Waals surface area contributed by atoms with Crippen LogP contribution in [0.5, 0.6) is 0 Å². The third-order valence-electron chi connectivity index (χ3n) is 6.44. The Hall–Kier alpha value is -5.09. The largest absolute Gasteiger partial charge is 0.383 e. The molecule has 0 spiro atoms. The lowest BCUT2D eigenvalue weighted by molar-refractivity contribution is 0.862. The van der Waals surface area contributed by atoms with Gasteiger partial charge in [0.1, 0.15) is 5.82 Å². The van der Waals surface area contributed by atoms with Crippen LogP contribution >= 0.6 is 11.3 Å². The Kier molecular flexibility index (Phi) is 7.52. The van der Waals surface area contributed by atoms with E-state index in [2.05, 4.69) is 27.9 Å². The Morgan fingerprint density at radius 2 is 1.73 bits per heavy atom. The fraction of sp³-hybridized carbons (Fsp3) is 0.100. The monoisotopic (exact) mass is 549 g/mol. The molecule has 4 heterocycles. The number of fused-ring (bicyclic) bond motifs is 1. The highest BCUT2D eigenvalue weighted by Gasteiger charge is 2.14. The molecule has 0 aliphatic heterocycles. The first-order valence-corrected chi connectivity index (χ1v) is 13.5. The summed E-state index contributed by atoms with van der Waals surface area (Å²) in [4.78, 5) is 37.1. The summed E-state index contributed by atoms with van der Waals surface area (Å²) in [6.07, 6.45) is 4.11. The van der Waals surface area contributed by atoms with Crippen LogP contribution in [0.1, 0.15) is 12.6 Å². The molecule has 0 fully saturated rings. The van der Waals surface area contributed by atoms with Crippen molar-refractivity contribution in [1.29, 1.82) is 0 Å². The van der Waals surface area contributed by atoms with Crippen LogP contribution in [-0.2, 0) is 13.5 Å². The van der Waals surface area contributed by atoms with Gasteiger partial charge in [0.25, 0.3) is 5.56 Å². The predicted molar refractivity (Wildman–Crippen MR) is 162 cm³/mol. The minimum atomic E-state index is -0.0750. The number of para-hydroxylation sites is 1. The standard InChI is InChI=1S/C23H20N2O2.C7H7N5S/c1-3-18-14-16-8-7-11-20(17-12-13-21(26)24(2)15-17)22(16)23(27)25(18)19-9-5-4-6-10-19;8-6-4(1-10-7(9)12-6)5-2-13-3-11-5/h4-15H,3H2,1-2H3;1-3H,(H4,8,9,10,12). The number of thiazole rings is 1. The van der Waals surface area contributed by atoms with E-state index in [1.54, 1.807) is 35.6 Å². The van der Waals surface area contributed by atoms with Gasteiger partial charge < -0.3 is 16.0 Å². The molecular weight excluding hydrogens is 522 g/mol. The minimum Gasteiger partial charge on any atom is -0.383 e. The van der Waals surface area contributed by atoms with Crippen molar-refractivity contribution >= 4 is 33.9 Å². The highest BCUT2D eigenvalue weighted by atomic mass is 32.1. The number of pyridine rings is 2. The molecule has 2 aromatic carbocycles. The third-order valence-corrected chi connectivity index (χ3v) is 7.03. The van der Waals surface area contributed by atoms with Gasteiger partial charge in [-0.05, 0) is 47.2 Å². The van der Waals surface area contributed by atoms with E-state index < -0.39 is 0 Å². The summed E-state index contributed by atoms with van der Waals surface area (Å²) in [5.74, 6) is 0.537. The van der Waals surface area contributed by atoms with Gasteiger partial charge in [0.05, 0.1) is 22.2 Å². The van der Waals surface area contributed by atoms with Crippen LogP contribution in [0.25, 0.3) is 38.8 Å². The zero-order valence-corrected chi connectivity index (χ0v) is 22.8. The van der Waals surface area contributed by atoms with Crippen LogP contribution in [0.3, 0.4) is 0 Å². The third kappa shape index (κ3) is 5.25. The molecule has 0 saturated carbocycles. The average molecular weight is 550 g/mol. The summed E-state index contributed by atoms with van der Waals surface area (Å²) in [6.45, 7) is 2.05. The predicted octanol–water partition coefficient (Wildman–Crippen LogP) is 4.68. The number of nitrogens with two attached hydrogens (primary N) is 2. The normalized spacial score (nSPS) is 10.8. The van der Waals surface area contributed by atoms with E-state index in [9.17, 15) is 9.59 Å². The number of nitrogens with zero attached hydrogens (tertiary/aromatic N) is 5. The first-order chi connectivity index (χ1) is 19.4. The summed E-state index contributed by atoms with van der Waals surface area (Å²) in [5.41, 5.74) is 17.6. The van der Waals surface area contributed by atoms with Crippen molar-refractivity contribution in [3.05, 3.63) is 116 Å². The number of rotatable bonds is 4. The van der Waals surface area contributed by atoms with E-state index in [0.29, 0.717) is 11.2 Å². The Balaban J connectivity index is 0.000000207. The molecule has 0 unspecified atom stereocenters. The lowest BCUT2D eigenvalue weighted by atomic mass is 9.99. The van der Waals surface area contributed by atoms with E-state index in [1.807, 2.05) is 53.9 Å². The minimum absolute atomic E-state index is 0.0417. The number of anilines is 2. The molecule has 0 aliphatic rings. The van der Waals surface area contributed by atoms with Crippen LogP contribution in [0.2, 0.25) is 0 Å². The molecule has 0 radical (unpaired) electrons. The van der Waals surface area contributed by atoms with E-state index >= 15 is 0 Å². The molecule has 0 atom stereocenters. The van der Waals surface area contributed by atoms with Crippen molar-refractivity contribution in [3.8, 4) is 28.1 Å². The number of hydrogen-bond donors (Lipinski definition) is 2. The number of hydrogen-bond acceptors (Lipinski definition) is 8. The van der Waals surface area contributed by atoms with Gasteiger partial charge in [-0.15, -0.1) is 11.3 Å². The molecule has 10 heteroatoms. The van der Waals surface area contributed by atoms with Gasteiger partial charge in [-0.25, -0.2) is 9.97 Å². The summed E-state index contributed by atoms with van der Waals surface area (Å²) < 4.78 is 3.32. The quantitative estimate of drug-likeness (QED) is 0.326. The zero-order chi connectivity index (χ0) is 28.2. The Morgan fingerprint density at radius 3 is 2.40 bits per heavy atom. The Morgan fingerprint density at radius 1 is 0.925 bits per heavy atom. The molecule has 0 aliphatic carbocycles. The molecule has 6 rings (SSSR count). The van der Waals surface area contributed by atoms with Gasteiger partial charge >= 0.3 is 0 Å². The second-order valence-electron chi connectivity index (χ2n) is 9.00. The Labute approximate surface area is 234 Å². The molecule has 4 N–H and O–H groups in total. The van der Waals surface area contributed by atoms with Crippen molar-refractivity contribution in [3.63, 3.8) is 0 Å². The molecule has 40 heavy (non-hydrogen) atoms. The topological polar surface area (TPSA) is 135 Å². The lowest BCUT2D eigenvalue weighted by Crippen LogP contribution is -2.22. The number of aryl methyl sites for hydroxylation is 2. The second kappa shape index (κ2) is 11.3. The van der Waals surface area contributed by atoms with Crippen LogP contribution in [0, 0.1) is 0 Å². The molecule has 200 valence electrons. The molecule has 9 nitrogen and oxygen atoms in total. The molecule has 0 saturated heterocycles. The number of benzene rings is 2. The molecule has 4 aromatic heterocycles. The van der Waals surface area contributed by atoms with Crippen molar-refractivity contribution in [2.45, 2.75) is 13.3 Å². The van der Waals surface area contributed by atoms with Gasteiger partial charge in [0.2, 0.25) is 11.5 Å². The van der Waals surface area contributed by atoms with Crippen molar-refractivity contribution in [2.24, 2.45) is 7.05 Å². The van der Waals surface area contributed by atoms with E-state index in [1.165, 1.54) is 22.0 Å². The van der Waals surface area contributed by atoms with Crippen molar-refractivity contribution < 1.29 is 0 Å². The van der Waals surface area contributed by atoms with Crippen LogP contribution < -0.4 is 22.6 Å². The molecule has 6 aromatic rings. The van der Waals surface area contributed by atoms with Gasteiger partial charge in [0, 0.05) is 42.3 Å². The Bertz CT molecular complexity index is 1910. The maximum atomic E-state index is 13.5.